The Morgan fingerprint density at radius 3 is 2.37 bits per heavy atom. The molecule has 0 radical (unpaired) electrons. The zero-order valence-electron chi connectivity index (χ0n) is 21.5. The third kappa shape index (κ3) is 6.97. The number of nitrogen functional groups attached to an aromatic ring is 1. The van der Waals surface area contributed by atoms with Crippen LogP contribution in [-0.2, 0) is 16.1 Å². The van der Waals surface area contributed by atoms with E-state index in [4.69, 9.17) is 10.5 Å². The molecule has 0 aliphatic carbocycles. The number of nitrogens with two attached hydrogens (primary N) is 1. The van der Waals surface area contributed by atoms with Gasteiger partial charge in [-0.1, -0.05) is 33.8 Å². The van der Waals surface area contributed by atoms with Gasteiger partial charge in [-0.25, -0.2) is 9.59 Å². The Morgan fingerprint density at radius 1 is 1.11 bits per heavy atom. The first kappa shape index (κ1) is 27.7. The largest absolute Gasteiger partial charge is 0.462 e. The van der Waals surface area contributed by atoms with Crippen molar-refractivity contribution in [2.24, 2.45) is 11.8 Å². The van der Waals surface area contributed by atoms with Gasteiger partial charge in [-0.2, -0.15) is 0 Å². The van der Waals surface area contributed by atoms with Gasteiger partial charge in [0.15, 0.2) is 5.69 Å². The zero-order valence-corrected chi connectivity index (χ0v) is 21.5. The second kappa shape index (κ2) is 12.2. The third-order valence-corrected chi connectivity index (χ3v) is 5.31. The van der Waals surface area contributed by atoms with Crippen LogP contribution in [0.15, 0.2) is 33.9 Å². The summed E-state index contributed by atoms with van der Waals surface area (Å²) in [5.41, 5.74) is 6.01. The summed E-state index contributed by atoms with van der Waals surface area (Å²) in [5, 5.41) is 0. The fourth-order valence-electron chi connectivity index (χ4n) is 3.75. The number of carbonyl (C=O) groups excluding carboxylic acids is 2. The van der Waals surface area contributed by atoms with Crippen molar-refractivity contribution in [2.45, 2.75) is 48.1 Å². The van der Waals surface area contributed by atoms with Crippen LogP contribution in [0.25, 0.3) is 0 Å². The number of rotatable bonds is 11. The number of H-pyrrole nitrogens is 1. The lowest BCUT2D eigenvalue weighted by molar-refractivity contribution is -0.117. The average molecular weight is 488 g/mol. The van der Waals surface area contributed by atoms with Crippen molar-refractivity contribution in [1.82, 2.24) is 9.55 Å². The number of likely N-dealkylation sites (N-methyl/N-ethyl adjacent to an activating group) is 1. The molecule has 1 aromatic carbocycles. The molecule has 1 aromatic heterocycles. The van der Waals surface area contributed by atoms with Crippen LogP contribution in [0.2, 0.25) is 0 Å². The molecule has 0 spiro atoms. The second-order valence-corrected chi connectivity index (χ2v) is 9.18. The number of benzene rings is 1. The molecule has 0 bridgehead atoms. The molecule has 0 aliphatic heterocycles. The molecule has 0 saturated heterocycles. The highest BCUT2D eigenvalue weighted by molar-refractivity contribution is 5.98. The summed E-state index contributed by atoms with van der Waals surface area (Å²) in [6, 6.07) is 6.85. The van der Waals surface area contributed by atoms with Gasteiger partial charge in [0.05, 0.1) is 18.7 Å². The lowest BCUT2D eigenvalue weighted by atomic mass is 10.1. The van der Waals surface area contributed by atoms with Crippen LogP contribution >= 0.6 is 0 Å². The molecule has 35 heavy (non-hydrogen) atoms. The maximum Gasteiger partial charge on any atom is 0.338 e. The number of hydrogen-bond donors (Lipinski definition) is 2. The number of aromatic nitrogens is 2. The first-order valence-electron chi connectivity index (χ1n) is 11.9. The van der Waals surface area contributed by atoms with Crippen molar-refractivity contribution in [2.75, 3.05) is 41.8 Å². The number of amides is 1. The Labute approximate surface area is 205 Å². The highest BCUT2D eigenvalue weighted by Gasteiger charge is 2.26. The fourth-order valence-corrected chi connectivity index (χ4v) is 3.75. The van der Waals surface area contributed by atoms with Crippen molar-refractivity contribution in [1.29, 1.82) is 0 Å². The van der Waals surface area contributed by atoms with Gasteiger partial charge in [0, 0.05) is 25.3 Å². The number of anilines is 3. The number of nitrogens with one attached hydrogen (secondary N) is 1. The lowest BCUT2D eigenvalue weighted by Gasteiger charge is -2.30. The van der Waals surface area contributed by atoms with E-state index in [9.17, 15) is 19.2 Å². The molecule has 0 saturated carbocycles. The monoisotopic (exact) mass is 487 g/mol. The first-order chi connectivity index (χ1) is 16.5. The minimum atomic E-state index is -0.700. The summed E-state index contributed by atoms with van der Waals surface area (Å²) in [7, 11) is 0. The molecule has 192 valence electrons. The van der Waals surface area contributed by atoms with E-state index in [1.807, 2.05) is 34.6 Å². The molecular formula is C25H37N5O5. The van der Waals surface area contributed by atoms with Crippen molar-refractivity contribution in [3.8, 4) is 0 Å². The van der Waals surface area contributed by atoms with E-state index in [-0.39, 0.29) is 48.9 Å². The molecule has 0 unspecified atom stereocenters. The van der Waals surface area contributed by atoms with Gasteiger partial charge in [0.25, 0.3) is 5.56 Å². The Morgan fingerprint density at radius 2 is 1.80 bits per heavy atom. The number of ether oxygens (including phenoxy) is 1. The van der Waals surface area contributed by atoms with Crippen LogP contribution in [0.1, 0.15) is 51.9 Å². The highest BCUT2D eigenvalue weighted by Crippen LogP contribution is 2.22. The number of hydrogen-bond acceptors (Lipinski definition) is 7. The summed E-state index contributed by atoms with van der Waals surface area (Å²) >= 11 is 0. The average Bonchev–Trinajstić information content (AvgIpc) is 2.79. The number of nitrogens with zero attached hydrogens (tertiary/aromatic N) is 3. The maximum absolute atomic E-state index is 13.6. The quantitative estimate of drug-likeness (QED) is 0.466. The summed E-state index contributed by atoms with van der Waals surface area (Å²) < 4.78 is 6.37. The highest BCUT2D eigenvalue weighted by atomic mass is 16.5. The molecule has 2 aromatic rings. The third-order valence-electron chi connectivity index (χ3n) is 5.31. The Kier molecular flexibility index (Phi) is 9.68. The molecule has 10 nitrogen and oxygen atoms in total. The Balaban J connectivity index is 2.46. The van der Waals surface area contributed by atoms with Crippen LogP contribution < -0.4 is 26.8 Å². The number of aromatic amines is 1. The standard InChI is InChI=1S/C25H37N5O5/c1-7-28(19-11-9-10-18(12-19)24(33)35-8-2)15-20(31)29(13-16(3)4)21-22(26)30(14-17(5)6)25(34)27-23(21)32/h9-12,16-17H,7-8,13-15,26H2,1-6H3,(H,27,32,34). The van der Waals surface area contributed by atoms with Crippen LogP contribution in [0.3, 0.4) is 0 Å². The maximum atomic E-state index is 13.6. The normalized spacial score (nSPS) is 11.1. The topological polar surface area (TPSA) is 131 Å². The van der Waals surface area contributed by atoms with Crippen molar-refractivity contribution < 1.29 is 14.3 Å². The molecule has 0 aliphatic rings. The van der Waals surface area contributed by atoms with E-state index in [0.717, 1.165) is 0 Å². The smallest absolute Gasteiger partial charge is 0.338 e. The predicted octanol–water partition coefficient (Wildman–Crippen LogP) is 2.47. The molecule has 1 heterocycles. The predicted molar refractivity (Wildman–Crippen MR) is 138 cm³/mol. The van der Waals surface area contributed by atoms with E-state index in [0.29, 0.717) is 24.3 Å². The van der Waals surface area contributed by atoms with Crippen LogP contribution in [-0.4, -0.2) is 47.7 Å². The first-order valence-corrected chi connectivity index (χ1v) is 11.9. The SMILES string of the molecule is CCOC(=O)c1cccc(N(CC)CC(=O)N(CC(C)C)c2c(N)n(CC(C)C)c(=O)[nH]c2=O)c1. The van der Waals surface area contributed by atoms with Crippen LogP contribution in [0.4, 0.5) is 17.2 Å². The molecule has 0 fully saturated rings. The van der Waals surface area contributed by atoms with Crippen LogP contribution in [0, 0.1) is 11.8 Å². The molecule has 1 amide bonds. The Hall–Kier alpha value is -3.56. The van der Waals surface area contributed by atoms with Gasteiger partial charge in [0.1, 0.15) is 5.82 Å². The van der Waals surface area contributed by atoms with Gasteiger partial charge in [-0.05, 0) is 43.9 Å². The van der Waals surface area contributed by atoms with Gasteiger partial charge >= 0.3 is 11.7 Å². The van der Waals surface area contributed by atoms with E-state index in [1.54, 1.807) is 36.1 Å². The minimum absolute atomic E-state index is 0.0275. The van der Waals surface area contributed by atoms with Crippen molar-refractivity contribution in [3.63, 3.8) is 0 Å². The lowest BCUT2D eigenvalue weighted by Crippen LogP contribution is -2.46. The van der Waals surface area contributed by atoms with Gasteiger partial charge in [0.2, 0.25) is 5.91 Å². The molecule has 10 heteroatoms. The van der Waals surface area contributed by atoms with E-state index >= 15 is 0 Å². The number of carbonyl (C=O) groups is 2. The summed E-state index contributed by atoms with van der Waals surface area (Å²) in [5.74, 6) is -0.691. The van der Waals surface area contributed by atoms with Crippen molar-refractivity contribution in [3.05, 3.63) is 50.7 Å². The zero-order chi connectivity index (χ0) is 26.3. The Bertz CT molecular complexity index is 1150. The minimum Gasteiger partial charge on any atom is -0.462 e. The van der Waals surface area contributed by atoms with E-state index in [1.165, 1.54) is 9.47 Å². The van der Waals surface area contributed by atoms with Gasteiger partial charge in [-0.15, -0.1) is 0 Å². The van der Waals surface area contributed by atoms with Gasteiger partial charge < -0.3 is 20.3 Å². The molecular weight excluding hydrogens is 450 g/mol. The molecule has 0 atom stereocenters. The van der Waals surface area contributed by atoms with Crippen molar-refractivity contribution >= 4 is 29.1 Å². The second-order valence-electron chi connectivity index (χ2n) is 9.18. The molecule has 3 N–H and O–H groups in total. The number of esters is 1. The molecule has 2 rings (SSSR count). The van der Waals surface area contributed by atoms with E-state index < -0.39 is 17.2 Å². The fraction of sp³-hybridized carbons (Fsp3) is 0.520. The summed E-state index contributed by atoms with van der Waals surface area (Å²) in [6.07, 6.45) is 0. The summed E-state index contributed by atoms with van der Waals surface area (Å²) in [6.45, 7) is 12.6. The summed E-state index contributed by atoms with van der Waals surface area (Å²) in [4.78, 5) is 56.4. The van der Waals surface area contributed by atoms with Crippen LogP contribution in [0.5, 0.6) is 0 Å². The van der Waals surface area contributed by atoms with Gasteiger partial charge in [-0.3, -0.25) is 19.1 Å². The van der Waals surface area contributed by atoms with E-state index in [2.05, 4.69) is 4.98 Å².